The molecule has 2 fully saturated rings. The highest BCUT2D eigenvalue weighted by atomic mass is 31.2. The number of aliphatic hydroxyl groups excluding tert-OH is 1. The number of phosphoric acid groups is 1. The summed E-state index contributed by atoms with van der Waals surface area (Å²) in [6.45, 7) is -0.195. The van der Waals surface area contributed by atoms with E-state index in [9.17, 15) is 14.6 Å². The molecule has 0 amide bonds. The molecule has 1 unspecified atom stereocenters. The van der Waals surface area contributed by atoms with E-state index in [0.29, 0.717) is 11.0 Å². The molecule has 2 saturated heterocycles. The van der Waals surface area contributed by atoms with Crippen LogP contribution in [0.5, 0.6) is 0 Å². The monoisotopic (exact) mass is 312 g/mol. The number of aliphatic hydroxyl groups is 1. The van der Waals surface area contributed by atoms with E-state index in [1.54, 1.807) is 12.1 Å². The lowest BCUT2D eigenvalue weighted by Gasteiger charge is -2.34. The van der Waals surface area contributed by atoms with Crippen molar-refractivity contribution in [2.24, 2.45) is 0 Å². The van der Waals surface area contributed by atoms with E-state index in [2.05, 4.69) is 14.7 Å². The SMILES string of the molecule is O=P1([O-])OC[C@H]2O[C@@H](n3nc4ccccc4n3)[C@H](O)[C@@H]2O1. The molecule has 2 aliphatic rings. The summed E-state index contributed by atoms with van der Waals surface area (Å²) in [5.41, 5.74) is 1.30. The lowest BCUT2D eigenvalue weighted by atomic mass is 10.1. The van der Waals surface area contributed by atoms with Crippen molar-refractivity contribution in [2.75, 3.05) is 6.61 Å². The van der Waals surface area contributed by atoms with Gasteiger partial charge in [0.1, 0.15) is 29.3 Å². The van der Waals surface area contributed by atoms with Gasteiger partial charge >= 0.3 is 0 Å². The van der Waals surface area contributed by atoms with Gasteiger partial charge in [-0.3, -0.25) is 4.57 Å². The molecule has 0 saturated carbocycles. The summed E-state index contributed by atoms with van der Waals surface area (Å²) >= 11 is 0. The number of nitrogens with zero attached hydrogens (tertiary/aromatic N) is 3. The number of ether oxygens (including phenoxy) is 1. The van der Waals surface area contributed by atoms with Crippen LogP contribution in [0.1, 0.15) is 6.23 Å². The number of hydrogen-bond acceptors (Lipinski definition) is 8. The zero-order valence-corrected chi connectivity index (χ0v) is 11.5. The lowest BCUT2D eigenvalue weighted by Crippen LogP contribution is -2.41. The van der Waals surface area contributed by atoms with Crippen molar-refractivity contribution in [3.05, 3.63) is 24.3 Å². The van der Waals surface area contributed by atoms with Crippen LogP contribution in [0.2, 0.25) is 0 Å². The molecule has 4 rings (SSSR count). The maximum atomic E-state index is 11.3. The Balaban J connectivity index is 1.66. The average Bonchev–Trinajstić information content (AvgIpc) is 3.00. The topological polar surface area (TPSA) is 119 Å². The summed E-state index contributed by atoms with van der Waals surface area (Å²) in [6.07, 6.45) is -3.83. The fraction of sp³-hybridized carbons (Fsp3) is 0.455. The molecular weight excluding hydrogens is 301 g/mol. The highest BCUT2D eigenvalue weighted by Crippen LogP contribution is 2.49. The second kappa shape index (κ2) is 4.57. The second-order valence-electron chi connectivity index (χ2n) is 4.88. The van der Waals surface area contributed by atoms with E-state index in [0.717, 1.165) is 0 Å². The zero-order chi connectivity index (χ0) is 14.6. The van der Waals surface area contributed by atoms with Crippen molar-refractivity contribution < 1.29 is 28.3 Å². The molecule has 0 aliphatic carbocycles. The van der Waals surface area contributed by atoms with Gasteiger partial charge in [-0.25, -0.2) is 0 Å². The molecule has 0 radical (unpaired) electrons. The highest BCUT2D eigenvalue weighted by molar-refractivity contribution is 7.45. The standard InChI is InChI=1S/C11H12N3O6P/c15-9-10-8(5-18-21(16,17)20-10)19-11(9)14-12-6-3-1-2-4-7(6)13-14/h1-4,8-11,15H,5H2,(H,16,17)/p-1/t8-,9-,10-,11-/m1/s1. The molecule has 3 heterocycles. The van der Waals surface area contributed by atoms with Crippen molar-refractivity contribution >= 4 is 18.9 Å². The Bertz CT molecular complexity index is 703. The molecule has 112 valence electrons. The summed E-state index contributed by atoms with van der Waals surface area (Å²) in [6, 6.07) is 7.19. The Labute approximate surface area is 118 Å². The first-order chi connectivity index (χ1) is 10.0. The summed E-state index contributed by atoms with van der Waals surface area (Å²) in [5, 5.41) is 18.7. The number of rotatable bonds is 1. The maximum absolute atomic E-state index is 11.3. The molecule has 1 aromatic carbocycles. The Kier molecular flexibility index (Phi) is 2.90. The molecule has 5 atom stereocenters. The van der Waals surface area contributed by atoms with E-state index >= 15 is 0 Å². The Morgan fingerprint density at radius 2 is 2.00 bits per heavy atom. The van der Waals surface area contributed by atoms with E-state index in [4.69, 9.17) is 9.26 Å². The molecule has 21 heavy (non-hydrogen) atoms. The number of aromatic nitrogens is 3. The third-order valence-electron chi connectivity index (χ3n) is 3.49. The van der Waals surface area contributed by atoms with Crippen LogP contribution in [0.4, 0.5) is 0 Å². The van der Waals surface area contributed by atoms with Crippen LogP contribution in [-0.4, -0.2) is 45.0 Å². The van der Waals surface area contributed by atoms with Gasteiger partial charge in [-0.1, -0.05) is 12.1 Å². The van der Waals surface area contributed by atoms with Crippen molar-refractivity contribution in [1.82, 2.24) is 15.0 Å². The van der Waals surface area contributed by atoms with Crippen LogP contribution in [0.15, 0.2) is 24.3 Å². The first-order valence-electron chi connectivity index (χ1n) is 6.33. The maximum Gasteiger partial charge on any atom is 0.268 e. The van der Waals surface area contributed by atoms with Gasteiger partial charge in [-0.15, -0.1) is 0 Å². The minimum absolute atomic E-state index is 0.195. The van der Waals surface area contributed by atoms with Gasteiger partial charge < -0.3 is 23.8 Å². The number of phosphoric ester groups is 1. The minimum atomic E-state index is -4.38. The van der Waals surface area contributed by atoms with Crippen molar-refractivity contribution in [3.63, 3.8) is 0 Å². The van der Waals surface area contributed by atoms with E-state index in [1.807, 2.05) is 12.1 Å². The van der Waals surface area contributed by atoms with Crippen LogP contribution in [-0.2, 0) is 18.3 Å². The van der Waals surface area contributed by atoms with Crippen molar-refractivity contribution in [1.29, 1.82) is 0 Å². The van der Waals surface area contributed by atoms with E-state index in [1.165, 1.54) is 4.80 Å². The van der Waals surface area contributed by atoms with Gasteiger partial charge in [0.2, 0.25) is 0 Å². The second-order valence-corrected chi connectivity index (χ2v) is 6.24. The van der Waals surface area contributed by atoms with Crippen LogP contribution in [0, 0.1) is 0 Å². The summed E-state index contributed by atoms with van der Waals surface area (Å²) in [4.78, 5) is 12.5. The molecule has 0 bridgehead atoms. The molecule has 10 heteroatoms. The third kappa shape index (κ3) is 2.18. The smallest absolute Gasteiger partial charge is 0.268 e. The first-order valence-corrected chi connectivity index (χ1v) is 7.79. The van der Waals surface area contributed by atoms with E-state index in [-0.39, 0.29) is 6.61 Å². The van der Waals surface area contributed by atoms with Crippen LogP contribution >= 0.6 is 7.82 Å². The zero-order valence-electron chi connectivity index (χ0n) is 10.6. The summed E-state index contributed by atoms with van der Waals surface area (Å²) in [7, 11) is -4.38. The van der Waals surface area contributed by atoms with Crippen LogP contribution < -0.4 is 4.89 Å². The fourth-order valence-corrected chi connectivity index (χ4v) is 3.46. The van der Waals surface area contributed by atoms with Gasteiger partial charge in [0, 0.05) is 0 Å². The third-order valence-corrected chi connectivity index (χ3v) is 4.45. The predicted octanol–water partition coefficient (Wildman–Crippen LogP) is -0.427. The van der Waals surface area contributed by atoms with Crippen LogP contribution in [0.3, 0.4) is 0 Å². The van der Waals surface area contributed by atoms with Crippen molar-refractivity contribution in [2.45, 2.75) is 24.5 Å². The lowest BCUT2D eigenvalue weighted by molar-refractivity contribution is -0.245. The first kappa shape index (κ1) is 13.3. The number of fused-ring (bicyclic) bond motifs is 2. The van der Waals surface area contributed by atoms with Gasteiger partial charge in [0.05, 0.1) is 6.61 Å². The Morgan fingerprint density at radius 1 is 1.33 bits per heavy atom. The highest BCUT2D eigenvalue weighted by Gasteiger charge is 2.50. The number of benzene rings is 1. The molecule has 0 spiro atoms. The minimum Gasteiger partial charge on any atom is -0.756 e. The number of hydrogen-bond donors (Lipinski definition) is 1. The normalized spacial score (nSPS) is 39.5. The Hall–Kier alpha value is -1.35. The molecular formula is C11H11N3O6P-. The molecule has 2 aliphatic heterocycles. The van der Waals surface area contributed by atoms with Gasteiger partial charge in [-0.05, 0) is 12.1 Å². The summed E-state index contributed by atoms with van der Waals surface area (Å²) in [5.74, 6) is 0. The van der Waals surface area contributed by atoms with E-state index < -0.39 is 32.4 Å². The average molecular weight is 312 g/mol. The largest absolute Gasteiger partial charge is 0.756 e. The van der Waals surface area contributed by atoms with Crippen LogP contribution in [0.25, 0.3) is 11.0 Å². The van der Waals surface area contributed by atoms with Gasteiger partial charge in [0.25, 0.3) is 7.82 Å². The Morgan fingerprint density at radius 3 is 2.67 bits per heavy atom. The molecule has 1 N–H and O–H groups in total. The molecule has 9 nitrogen and oxygen atoms in total. The van der Waals surface area contributed by atoms with Gasteiger partial charge in [-0.2, -0.15) is 15.0 Å². The van der Waals surface area contributed by atoms with Gasteiger partial charge in [0.15, 0.2) is 6.23 Å². The quantitative estimate of drug-likeness (QED) is 0.705. The fourth-order valence-electron chi connectivity index (χ4n) is 2.51. The molecule has 1 aromatic heterocycles. The predicted molar refractivity (Wildman–Crippen MR) is 65.9 cm³/mol. The van der Waals surface area contributed by atoms with Crippen molar-refractivity contribution in [3.8, 4) is 0 Å². The molecule has 2 aromatic rings. The summed E-state index contributed by atoms with van der Waals surface area (Å²) < 4.78 is 26.2.